The zero-order chi connectivity index (χ0) is 17.9. The third kappa shape index (κ3) is 6.87. The van der Waals surface area contributed by atoms with Crippen LogP contribution in [-0.2, 0) is 9.59 Å². The fourth-order valence-corrected chi connectivity index (χ4v) is 2.14. The van der Waals surface area contributed by atoms with Gasteiger partial charge in [-0.05, 0) is 30.5 Å². The van der Waals surface area contributed by atoms with Gasteiger partial charge in [-0.2, -0.15) is 5.10 Å². The van der Waals surface area contributed by atoms with Gasteiger partial charge < -0.3 is 10.4 Å². The largest absolute Gasteiger partial charge is 0.506 e. The van der Waals surface area contributed by atoms with Crippen molar-refractivity contribution < 1.29 is 14.7 Å². The minimum absolute atomic E-state index is 0.0338. The molecule has 0 saturated carbocycles. The minimum atomic E-state index is -0.191. The summed E-state index contributed by atoms with van der Waals surface area (Å²) < 4.78 is 0. The molecule has 0 fully saturated rings. The highest BCUT2D eigenvalue weighted by atomic mass is 16.3. The van der Waals surface area contributed by atoms with Gasteiger partial charge in [-0.1, -0.05) is 42.5 Å². The maximum absolute atomic E-state index is 11.8. The van der Waals surface area contributed by atoms with Crippen molar-refractivity contribution in [1.29, 1.82) is 0 Å². The Labute approximate surface area is 146 Å². The number of para-hydroxylation sites is 2. The highest BCUT2D eigenvalue weighted by Gasteiger charge is 2.06. The molecule has 0 aromatic heterocycles. The Morgan fingerprint density at radius 2 is 1.56 bits per heavy atom. The van der Waals surface area contributed by atoms with E-state index in [-0.39, 0.29) is 24.0 Å². The molecule has 0 aliphatic carbocycles. The van der Waals surface area contributed by atoms with E-state index in [1.165, 1.54) is 6.07 Å². The van der Waals surface area contributed by atoms with E-state index >= 15 is 0 Å². The number of anilines is 1. The number of benzene rings is 2. The van der Waals surface area contributed by atoms with E-state index in [1.54, 1.807) is 24.4 Å². The number of rotatable bonds is 8. The number of hydrogen-bond acceptors (Lipinski definition) is 4. The van der Waals surface area contributed by atoms with Crippen LogP contribution in [0.4, 0.5) is 5.69 Å². The number of hydrogen-bond donors (Lipinski definition) is 3. The van der Waals surface area contributed by atoms with Crippen molar-refractivity contribution >= 4 is 23.7 Å². The first-order chi connectivity index (χ1) is 12.1. The van der Waals surface area contributed by atoms with Gasteiger partial charge in [0, 0.05) is 12.8 Å². The Balaban J connectivity index is 1.60. The van der Waals surface area contributed by atoms with Gasteiger partial charge in [0.25, 0.3) is 0 Å². The van der Waals surface area contributed by atoms with E-state index < -0.39 is 0 Å². The maximum atomic E-state index is 11.8. The number of carbonyl (C=O) groups is 2. The molecule has 6 heteroatoms. The smallest absolute Gasteiger partial charge is 0.240 e. The van der Waals surface area contributed by atoms with E-state index in [2.05, 4.69) is 15.8 Å². The van der Waals surface area contributed by atoms with Crippen molar-refractivity contribution in [2.45, 2.75) is 25.7 Å². The predicted octanol–water partition coefficient (Wildman–Crippen LogP) is 3.04. The molecule has 2 rings (SSSR count). The third-order valence-electron chi connectivity index (χ3n) is 3.44. The van der Waals surface area contributed by atoms with E-state index in [0.717, 1.165) is 5.56 Å². The molecular formula is C19H21N3O3. The van der Waals surface area contributed by atoms with Crippen molar-refractivity contribution in [2.75, 3.05) is 5.32 Å². The van der Waals surface area contributed by atoms with Crippen LogP contribution in [0.15, 0.2) is 59.7 Å². The van der Waals surface area contributed by atoms with Crippen LogP contribution in [0.5, 0.6) is 5.75 Å². The Morgan fingerprint density at radius 1 is 0.920 bits per heavy atom. The lowest BCUT2D eigenvalue weighted by Crippen LogP contribution is -2.17. The molecule has 2 amide bonds. The topological polar surface area (TPSA) is 90.8 Å². The number of unbranched alkanes of at least 4 members (excludes halogenated alkanes) is 1. The fourth-order valence-electron chi connectivity index (χ4n) is 2.14. The molecule has 3 N–H and O–H groups in total. The number of hydrazone groups is 1. The SMILES string of the molecule is O=C(CCCCC(=O)Nc1ccccc1O)N/N=C/c1ccccc1. The van der Waals surface area contributed by atoms with Crippen molar-refractivity contribution in [3.05, 3.63) is 60.2 Å². The van der Waals surface area contributed by atoms with E-state index in [0.29, 0.717) is 24.9 Å². The Hall–Kier alpha value is -3.15. The molecule has 0 aliphatic rings. The summed E-state index contributed by atoms with van der Waals surface area (Å²) in [5.74, 6) is -0.344. The number of phenols is 1. The molecule has 0 heterocycles. The molecule has 0 bridgehead atoms. The highest BCUT2D eigenvalue weighted by Crippen LogP contribution is 2.21. The standard InChI is InChI=1S/C19H21N3O3/c23-17-11-5-4-10-16(17)21-18(24)12-6-7-13-19(25)22-20-14-15-8-2-1-3-9-15/h1-5,8-11,14,23H,6-7,12-13H2,(H,21,24)(H,22,25)/b20-14+. The van der Waals surface area contributed by atoms with Gasteiger partial charge >= 0.3 is 0 Å². The van der Waals surface area contributed by atoms with Gasteiger partial charge in [0.1, 0.15) is 5.75 Å². The number of aromatic hydroxyl groups is 1. The van der Waals surface area contributed by atoms with E-state index in [9.17, 15) is 14.7 Å². The summed E-state index contributed by atoms with van der Waals surface area (Å²) in [5, 5.41) is 16.1. The van der Waals surface area contributed by atoms with Gasteiger partial charge in [-0.3, -0.25) is 9.59 Å². The summed E-state index contributed by atoms with van der Waals surface area (Å²) in [6.07, 6.45) is 3.33. The molecule has 0 unspecified atom stereocenters. The number of nitrogens with zero attached hydrogens (tertiary/aromatic N) is 1. The molecular weight excluding hydrogens is 318 g/mol. The van der Waals surface area contributed by atoms with E-state index in [4.69, 9.17) is 0 Å². The second-order valence-electron chi connectivity index (χ2n) is 5.48. The second kappa shape index (κ2) is 9.87. The van der Waals surface area contributed by atoms with Crippen molar-refractivity contribution in [2.24, 2.45) is 5.10 Å². The van der Waals surface area contributed by atoms with Crippen LogP contribution in [0.25, 0.3) is 0 Å². The number of carbonyl (C=O) groups excluding carboxylic acids is 2. The summed E-state index contributed by atoms with van der Waals surface area (Å²) in [6.45, 7) is 0. The van der Waals surface area contributed by atoms with Crippen molar-refractivity contribution in [3.63, 3.8) is 0 Å². The minimum Gasteiger partial charge on any atom is -0.506 e. The molecule has 0 saturated heterocycles. The molecule has 2 aromatic rings. The predicted molar refractivity (Wildman–Crippen MR) is 97.4 cm³/mol. The van der Waals surface area contributed by atoms with Crippen molar-refractivity contribution in [3.8, 4) is 5.75 Å². The van der Waals surface area contributed by atoms with Crippen LogP contribution < -0.4 is 10.7 Å². The first-order valence-electron chi connectivity index (χ1n) is 8.10. The monoisotopic (exact) mass is 339 g/mol. The van der Waals surface area contributed by atoms with Crippen LogP contribution in [-0.4, -0.2) is 23.1 Å². The third-order valence-corrected chi connectivity index (χ3v) is 3.44. The van der Waals surface area contributed by atoms with Crippen LogP contribution >= 0.6 is 0 Å². The molecule has 25 heavy (non-hydrogen) atoms. The second-order valence-corrected chi connectivity index (χ2v) is 5.48. The van der Waals surface area contributed by atoms with Crippen LogP contribution in [0.2, 0.25) is 0 Å². The average Bonchev–Trinajstić information content (AvgIpc) is 2.62. The maximum Gasteiger partial charge on any atom is 0.240 e. The summed E-state index contributed by atoms with van der Waals surface area (Å²) in [6, 6.07) is 16.0. The van der Waals surface area contributed by atoms with Crippen LogP contribution in [0.3, 0.4) is 0 Å². The molecule has 6 nitrogen and oxygen atoms in total. The normalized spacial score (nSPS) is 10.6. The Bertz CT molecular complexity index is 730. The lowest BCUT2D eigenvalue weighted by molar-refractivity contribution is -0.121. The first kappa shape index (κ1) is 18.2. The van der Waals surface area contributed by atoms with Gasteiger partial charge in [0.05, 0.1) is 11.9 Å². The lowest BCUT2D eigenvalue weighted by atomic mass is 10.2. The fraction of sp³-hybridized carbons (Fsp3) is 0.211. The van der Waals surface area contributed by atoms with E-state index in [1.807, 2.05) is 30.3 Å². The lowest BCUT2D eigenvalue weighted by Gasteiger charge is -2.06. The number of phenolic OH excluding ortho intramolecular Hbond substituents is 1. The summed E-state index contributed by atoms with van der Waals surface area (Å²) in [4.78, 5) is 23.4. The Morgan fingerprint density at radius 3 is 2.28 bits per heavy atom. The number of amides is 2. The molecule has 0 spiro atoms. The molecule has 130 valence electrons. The summed E-state index contributed by atoms with van der Waals surface area (Å²) in [5.41, 5.74) is 3.76. The zero-order valence-corrected chi connectivity index (χ0v) is 13.8. The quantitative estimate of drug-likeness (QED) is 0.299. The van der Waals surface area contributed by atoms with Crippen molar-refractivity contribution in [1.82, 2.24) is 5.43 Å². The summed E-state index contributed by atoms with van der Waals surface area (Å²) >= 11 is 0. The van der Waals surface area contributed by atoms with Crippen LogP contribution in [0, 0.1) is 0 Å². The highest BCUT2D eigenvalue weighted by molar-refractivity contribution is 5.92. The molecule has 0 radical (unpaired) electrons. The average molecular weight is 339 g/mol. The number of nitrogens with one attached hydrogen (secondary N) is 2. The van der Waals surface area contributed by atoms with Crippen LogP contribution in [0.1, 0.15) is 31.2 Å². The molecule has 0 aliphatic heterocycles. The summed E-state index contributed by atoms with van der Waals surface area (Å²) in [7, 11) is 0. The molecule has 2 aromatic carbocycles. The van der Waals surface area contributed by atoms with Gasteiger partial charge in [0.2, 0.25) is 11.8 Å². The zero-order valence-electron chi connectivity index (χ0n) is 13.8. The van der Waals surface area contributed by atoms with Gasteiger partial charge in [0.15, 0.2) is 0 Å². The first-order valence-corrected chi connectivity index (χ1v) is 8.10. The Kier molecular flexibility index (Phi) is 7.18. The van der Waals surface area contributed by atoms with Gasteiger partial charge in [-0.25, -0.2) is 5.43 Å². The van der Waals surface area contributed by atoms with Gasteiger partial charge in [-0.15, -0.1) is 0 Å². The molecule has 0 atom stereocenters.